The minimum absolute atomic E-state index is 0.0272. The monoisotopic (exact) mass is 600 g/mol. The average molecular weight is 601 g/mol. The summed E-state index contributed by atoms with van der Waals surface area (Å²) in [5, 5.41) is 10.1. The van der Waals surface area contributed by atoms with Crippen molar-refractivity contribution >= 4 is 51.5 Å². The first-order chi connectivity index (χ1) is 19.6. The molecule has 0 spiro atoms. The molecule has 1 aromatic heterocycles. The first kappa shape index (κ1) is 28.4. The summed E-state index contributed by atoms with van der Waals surface area (Å²) in [6.07, 6.45) is -3.88. The number of amides is 2. The molecule has 1 unspecified atom stereocenters. The summed E-state index contributed by atoms with van der Waals surface area (Å²) in [5.74, 6) is -0.935. The molecule has 1 aliphatic rings. The number of benzene rings is 3. The molecule has 0 aliphatic carbocycles. The molecule has 0 saturated carbocycles. The molecule has 2 amide bonds. The van der Waals surface area contributed by atoms with E-state index in [1.54, 1.807) is 48.7 Å². The Morgan fingerprint density at radius 2 is 1.63 bits per heavy atom. The number of aromatic nitrogens is 1. The Balaban J connectivity index is 1.37. The van der Waals surface area contributed by atoms with Gasteiger partial charge in [-0.05, 0) is 47.2 Å². The maximum Gasteiger partial charge on any atom is 0.435 e. The van der Waals surface area contributed by atoms with E-state index in [4.69, 9.17) is 28.0 Å². The molecule has 2 heterocycles. The van der Waals surface area contributed by atoms with Crippen molar-refractivity contribution in [3.63, 3.8) is 0 Å². The number of hydrogen-bond acceptors (Lipinski definition) is 5. The molecule has 0 fully saturated rings. The highest BCUT2D eigenvalue weighted by Gasteiger charge is 2.62. The van der Waals surface area contributed by atoms with Crippen molar-refractivity contribution in [1.82, 2.24) is 15.6 Å². The standard InChI is InChI=1S/C29H21Cl2F3N4O3/c30-18-11-17(12-19(31)13-18)28(29(32,33)34)14-25(38-41-28)23-8-9-24(22-7-2-1-6-21(22)23)27(40)37-16-26(39)36-15-20-5-3-4-10-35-20/h1-13H,14-16H2,(H,36,39)(H,37,40). The van der Waals surface area contributed by atoms with Crippen molar-refractivity contribution in [2.24, 2.45) is 5.16 Å². The van der Waals surface area contributed by atoms with Gasteiger partial charge in [0, 0.05) is 39.4 Å². The normalized spacial score (nSPS) is 16.7. The number of carbonyl (C=O) groups is 2. The smallest absolute Gasteiger partial charge is 0.374 e. The van der Waals surface area contributed by atoms with Crippen molar-refractivity contribution in [2.45, 2.75) is 24.7 Å². The fraction of sp³-hybridized carbons (Fsp3) is 0.172. The summed E-state index contributed by atoms with van der Waals surface area (Å²) < 4.78 is 43.4. The molecule has 5 rings (SSSR count). The van der Waals surface area contributed by atoms with Crippen molar-refractivity contribution in [2.75, 3.05) is 6.54 Å². The quantitative estimate of drug-likeness (QED) is 0.265. The highest BCUT2D eigenvalue weighted by atomic mass is 35.5. The molecule has 0 bridgehead atoms. The van der Waals surface area contributed by atoms with E-state index in [2.05, 4.69) is 20.8 Å². The van der Waals surface area contributed by atoms with Crippen LogP contribution in [0.5, 0.6) is 0 Å². The van der Waals surface area contributed by atoms with Crippen LogP contribution in [0.1, 0.15) is 33.6 Å². The van der Waals surface area contributed by atoms with E-state index in [-0.39, 0.29) is 40.0 Å². The molecule has 4 aromatic rings. The van der Waals surface area contributed by atoms with E-state index in [0.717, 1.165) is 12.1 Å². The van der Waals surface area contributed by atoms with Gasteiger partial charge < -0.3 is 15.5 Å². The van der Waals surface area contributed by atoms with E-state index in [1.165, 1.54) is 18.2 Å². The lowest BCUT2D eigenvalue weighted by molar-refractivity contribution is -0.275. The summed E-state index contributed by atoms with van der Waals surface area (Å²) >= 11 is 12.0. The number of oxime groups is 1. The Morgan fingerprint density at radius 3 is 2.32 bits per heavy atom. The zero-order chi connectivity index (χ0) is 29.2. The summed E-state index contributed by atoms with van der Waals surface area (Å²) in [4.78, 5) is 34.5. The summed E-state index contributed by atoms with van der Waals surface area (Å²) in [7, 11) is 0. The van der Waals surface area contributed by atoms with Crippen molar-refractivity contribution in [1.29, 1.82) is 0 Å². The topological polar surface area (TPSA) is 92.7 Å². The van der Waals surface area contributed by atoms with Crippen LogP contribution in [0.15, 0.2) is 84.1 Å². The van der Waals surface area contributed by atoms with Crippen molar-refractivity contribution < 1.29 is 27.6 Å². The Hall–Kier alpha value is -4.15. The average Bonchev–Trinajstić information content (AvgIpc) is 3.41. The number of nitrogens with zero attached hydrogens (tertiary/aromatic N) is 2. The molecule has 0 radical (unpaired) electrons. The highest BCUT2D eigenvalue weighted by molar-refractivity contribution is 6.34. The number of pyridine rings is 1. The third kappa shape index (κ3) is 5.84. The Labute approximate surface area is 242 Å². The molecule has 7 nitrogen and oxygen atoms in total. The van der Waals surface area contributed by atoms with Crippen LogP contribution in [-0.4, -0.2) is 35.2 Å². The van der Waals surface area contributed by atoms with Gasteiger partial charge in [-0.1, -0.05) is 64.8 Å². The minimum atomic E-state index is -4.85. The van der Waals surface area contributed by atoms with Crippen LogP contribution in [0.2, 0.25) is 10.0 Å². The number of alkyl halides is 3. The van der Waals surface area contributed by atoms with E-state index in [1.807, 2.05) is 0 Å². The lowest BCUT2D eigenvalue weighted by Crippen LogP contribution is -2.42. The zero-order valence-corrected chi connectivity index (χ0v) is 22.6. The van der Waals surface area contributed by atoms with Crippen molar-refractivity contribution in [3.05, 3.63) is 111 Å². The van der Waals surface area contributed by atoms with Crippen LogP contribution < -0.4 is 10.6 Å². The molecule has 41 heavy (non-hydrogen) atoms. The van der Waals surface area contributed by atoms with Gasteiger partial charge in [0.1, 0.15) is 0 Å². The lowest BCUT2D eigenvalue weighted by Gasteiger charge is -2.29. The Kier molecular flexibility index (Phi) is 7.88. The third-order valence-corrected chi connectivity index (χ3v) is 7.03. The van der Waals surface area contributed by atoms with Gasteiger partial charge in [0.15, 0.2) is 0 Å². The number of carbonyl (C=O) groups excluding carboxylic acids is 2. The lowest BCUT2D eigenvalue weighted by atomic mass is 9.85. The van der Waals surface area contributed by atoms with Gasteiger partial charge in [0.2, 0.25) is 5.91 Å². The number of halogens is 5. The van der Waals surface area contributed by atoms with Crippen LogP contribution in [0.25, 0.3) is 10.8 Å². The summed E-state index contributed by atoms with van der Waals surface area (Å²) in [6, 6.07) is 18.7. The van der Waals surface area contributed by atoms with Gasteiger partial charge in [0.05, 0.1) is 24.5 Å². The predicted molar refractivity (Wildman–Crippen MR) is 149 cm³/mol. The van der Waals surface area contributed by atoms with Gasteiger partial charge in [0.25, 0.3) is 11.5 Å². The van der Waals surface area contributed by atoms with E-state index in [9.17, 15) is 22.8 Å². The number of rotatable bonds is 7. The van der Waals surface area contributed by atoms with Crippen LogP contribution in [-0.2, 0) is 21.8 Å². The maximum atomic E-state index is 14.5. The van der Waals surface area contributed by atoms with Crippen LogP contribution in [0.3, 0.4) is 0 Å². The van der Waals surface area contributed by atoms with Gasteiger partial charge in [-0.25, -0.2) is 0 Å². The Bertz CT molecular complexity index is 1640. The molecule has 210 valence electrons. The second kappa shape index (κ2) is 11.4. The highest BCUT2D eigenvalue weighted by Crippen LogP contribution is 2.50. The second-order valence-electron chi connectivity index (χ2n) is 9.28. The van der Waals surface area contributed by atoms with E-state index in [0.29, 0.717) is 22.0 Å². The molecule has 12 heteroatoms. The van der Waals surface area contributed by atoms with Gasteiger partial charge >= 0.3 is 6.18 Å². The molecule has 1 atom stereocenters. The Morgan fingerprint density at radius 1 is 0.927 bits per heavy atom. The fourth-order valence-electron chi connectivity index (χ4n) is 4.59. The maximum absolute atomic E-state index is 14.5. The van der Waals surface area contributed by atoms with Crippen LogP contribution >= 0.6 is 23.2 Å². The first-order valence-electron chi connectivity index (χ1n) is 12.3. The largest absolute Gasteiger partial charge is 0.435 e. The van der Waals surface area contributed by atoms with Crippen LogP contribution in [0.4, 0.5) is 13.2 Å². The molecular weight excluding hydrogens is 580 g/mol. The second-order valence-corrected chi connectivity index (χ2v) is 10.1. The molecule has 3 aromatic carbocycles. The third-order valence-electron chi connectivity index (χ3n) is 6.60. The van der Waals surface area contributed by atoms with Gasteiger partial charge in [-0.2, -0.15) is 13.2 Å². The van der Waals surface area contributed by atoms with E-state index >= 15 is 0 Å². The van der Waals surface area contributed by atoms with Gasteiger partial charge in [-0.15, -0.1) is 0 Å². The molecular formula is C29H21Cl2F3N4O3. The fourth-order valence-corrected chi connectivity index (χ4v) is 5.12. The minimum Gasteiger partial charge on any atom is -0.374 e. The van der Waals surface area contributed by atoms with Gasteiger partial charge in [-0.3, -0.25) is 14.6 Å². The number of nitrogens with one attached hydrogen (secondary N) is 2. The zero-order valence-electron chi connectivity index (χ0n) is 21.1. The number of fused-ring (bicyclic) bond motifs is 1. The number of hydrogen-bond donors (Lipinski definition) is 2. The summed E-state index contributed by atoms with van der Waals surface area (Å²) in [5.41, 5.74) is -1.76. The van der Waals surface area contributed by atoms with Crippen molar-refractivity contribution in [3.8, 4) is 0 Å². The first-order valence-corrected chi connectivity index (χ1v) is 13.1. The van der Waals surface area contributed by atoms with E-state index < -0.39 is 30.0 Å². The molecule has 1 aliphatic heterocycles. The van der Waals surface area contributed by atoms with Crippen LogP contribution in [0, 0.1) is 0 Å². The SMILES string of the molecule is O=C(CNC(=O)c1ccc(C2=NOC(c3cc(Cl)cc(Cl)c3)(C(F)(F)F)C2)c2ccccc12)NCc1ccccn1. The molecule has 0 saturated heterocycles. The predicted octanol–water partition coefficient (Wildman–Crippen LogP) is 6.17. The molecule has 2 N–H and O–H groups in total. The summed E-state index contributed by atoms with van der Waals surface area (Å²) in [6.45, 7) is -0.0727.